The predicted molar refractivity (Wildman–Crippen MR) is 149 cm³/mol. The maximum absolute atomic E-state index is 14.0. The van der Waals surface area contributed by atoms with Crippen molar-refractivity contribution in [3.8, 4) is 16.3 Å². The Balaban J connectivity index is 1.33. The average molecular weight is 552 g/mol. The fraction of sp³-hybridized carbons (Fsp3) is 0.370. The molecule has 0 saturated carbocycles. The number of pyridine rings is 1. The number of hydrogen-bond donors (Lipinski definition) is 0. The van der Waals surface area contributed by atoms with Gasteiger partial charge in [-0.15, -0.1) is 11.3 Å². The second-order valence-corrected chi connectivity index (χ2v) is 13.0. The molecule has 4 aromatic rings. The summed E-state index contributed by atoms with van der Waals surface area (Å²) >= 11 is 1.56. The number of aryl methyl sites for hydroxylation is 1. The molecule has 2 fully saturated rings. The molecule has 1 amide bonds. The zero-order valence-corrected chi connectivity index (χ0v) is 23.0. The first-order valence-electron chi connectivity index (χ1n) is 12.7. The van der Waals surface area contributed by atoms with Crippen LogP contribution in [0.4, 0.5) is 5.69 Å². The number of fused-ring (bicyclic) bond motifs is 1. The zero-order chi connectivity index (χ0) is 26.4. The van der Waals surface area contributed by atoms with E-state index in [1.165, 1.54) is 0 Å². The van der Waals surface area contributed by atoms with Gasteiger partial charge in [0.2, 0.25) is 0 Å². The Morgan fingerprint density at radius 2 is 1.87 bits per heavy atom. The molecule has 2 aliphatic heterocycles. The van der Waals surface area contributed by atoms with Gasteiger partial charge in [0.05, 0.1) is 51.9 Å². The molecule has 5 heterocycles. The first-order valence-corrected chi connectivity index (χ1v) is 15.4. The second kappa shape index (κ2) is 9.70. The summed E-state index contributed by atoms with van der Waals surface area (Å²) in [6, 6.07) is 13.5. The maximum Gasteiger partial charge on any atom is 0.254 e. The summed E-state index contributed by atoms with van der Waals surface area (Å²) in [5, 5.41) is 7.40. The van der Waals surface area contributed by atoms with E-state index in [9.17, 15) is 13.2 Å². The minimum atomic E-state index is -3.11. The van der Waals surface area contributed by atoms with Gasteiger partial charge in [0.15, 0.2) is 15.5 Å². The third-order valence-corrected chi connectivity index (χ3v) is 10.0. The molecule has 11 heteroatoms. The molecule has 3 aromatic heterocycles. The number of amides is 1. The normalized spacial score (nSPS) is 19.3. The number of aromatic nitrogens is 3. The molecule has 9 nitrogen and oxygen atoms in total. The van der Waals surface area contributed by atoms with Crippen molar-refractivity contribution in [1.82, 2.24) is 19.7 Å². The largest absolute Gasteiger partial charge is 0.497 e. The van der Waals surface area contributed by atoms with Gasteiger partial charge in [-0.2, -0.15) is 5.10 Å². The summed E-state index contributed by atoms with van der Waals surface area (Å²) in [5.41, 5.74) is 3.65. The number of carbonyl (C=O) groups is 1. The molecule has 0 N–H and O–H groups in total. The predicted octanol–water partition coefficient (Wildman–Crippen LogP) is 3.80. The molecule has 2 aliphatic rings. The minimum absolute atomic E-state index is 0.0464. The number of piperazine rings is 1. The van der Waals surface area contributed by atoms with Crippen LogP contribution in [0.3, 0.4) is 0 Å². The number of methoxy groups -OCH3 is 1. The quantitative estimate of drug-likeness (QED) is 0.372. The van der Waals surface area contributed by atoms with E-state index in [1.807, 2.05) is 59.7 Å². The number of carbonyl (C=O) groups excluding carboxylic acids is 1. The zero-order valence-electron chi connectivity index (χ0n) is 21.3. The van der Waals surface area contributed by atoms with E-state index in [1.54, 1.807) is 23.1 Å². The molecular weight excluding hydrogens is 522 g/mol. The molecule has 38 heavy (non-hydrogen) atoms. The molecule has 0 radical (unpaired) electrons. The molecule has 2 saturated heterocycles. The Hall–Kier alpha value is -3.44. The van der Waals surface area contributed by atoms with E-state index in [2.05, 4.69) is 4.90 Å². The van der Waals surface area contributed by atoms with Crippen LogP contribution in [0, 0.1) is 6.92 Å². The monoisotopic (exact) mass is 551 g/mol. The van der Waals surface area contributed by atoms with Crippen molar-refractivity contribution < 1.29 is 17.9 Å². The average Bonchev–Trinajstić information content (AvgIpc) is 3.67. The van der Waals surface area contributed by atoms with E-state index in [4.69, 9.17) is 14.8 Å². The third-order valence-electron chi connectivity index (χ3n) is 7.40. The van der Waals surface area contributed by atoms with Gasteiger partial charge in [-0.3, -0.25) is 4.79 Å². The van der Waals surface area contributed by atoms with Crippen molar-refractivity contribution in [2.24, 2.45) is 0 Å². The first-order chi connectivity index (χ1) is 18.3. The Bertz CT molecular complexity index is 1590. The van der Waals surface area contributed by atoms with Gasteiger partial charge in [0, 0.05) is 31.9 Å². The topological polar surface area (TPSA) is 97.6 Å². The number of benzene rings is 1. The van der Waals surface area contributed by atoms with Crippen molar-refractivity contribution in [2.75, 3.05) is 49.7 Å². The molecule has 198 valence electrons. The molecule has 1 unspecified atom stereocenters. The van der Waals surface area contributed by atoms with Crippen molar-refractivity contribution in [3.05, 3.63) is 59.1 Å². The van der Waals surface area contributed by atoms with Gasteiger partial charge in [-0.1, -0.05) is 6.07 Å². The summed E-state index contributed by atoms with van der Waals surface area (Å²) in [6.45, 7) is 4.51. The molecular formula is C27H29N5O4S2. The van der Waals surface area contributed by atoms with Crippen LogP contribution >= 0.6 is 11.3 Å². The van der Waals surface area contributed by atoms with E-state index < -0.39 is 9.84 Å². The van der Waals surface area contributed by atoms with E-state index in [0.29, 0.717) is 47.5 Å². The Kier molecular flexibility index (Phi) is 6.35. The lowest BCUT2D eigenvalue weighted by Crippen LogP contribution is -2.48. The van der Waals surface area contributed by atoms with Crippen LogP contribution in [-0.4, -0.2) is 78.8 Å². The number of ether oxygens (including phenoxy) is 1. The molecule has 1 atom stereocenters. The van der Waals surface area contributed by atoms with Crippen LogP contribution in [0.25, 0.3) is 21.6 Å². The lowest BCUT2D eigenvalue weighted by atomic mass is 10.1. The van der Waals surface area contributed by atoms with Crippen LogP contribution < -0.4 is 9.64 Å². The molecule has 0 aliphatic carbocycles. The van der Waals surface area contributed by atoms with Crippen molar-refractivity contribution in [2.45, 2.75) is 19.4 Å². The third kappa shape index (κ3) is 4.54. The first kappa shape index (κ1) is 24.9. The van der Waals surface area contributed by atoms with E-state index in [0.717, 1.165) is 29.4 Å². The van der Waals surface area contributed by atoms with Crippen molar-refractivity contribution >= 4 is 43.8 Å². The van der Waals surface area contributed by atoms with Crippen molar-refractivity contribution in [1.29, 1.82) is 0 Å². The molecule has 0 bridgehead atoms. The number of sulfone groups is 1. The van der Waals surface area contributed by atoms with Gasteiger partial charge < -0.3 is 14.5 Å². The Morgan fingerprint density at radius 1 is 1.11 bits per heavy atom. The van der Waals surface area contributed by atoms with Crippen LogP contribution in [0.1, 0.15) is 28.5 Å². The highest BCUT2D eigenvalue weighted by atomic mass is 32.2. The van der Waals surface area contributed by atoms with Crippen LogP contribution in [0.15, 0.2) is 47.8 Å². The molecule has 6 rings (SSSR count). The summed E-state index contributed by atoms with van der Waals surface area (Å²) < 4.78 is 31.5. The SMILES string of the molecule is COc1ccc(N2CCN(C(=O)c3cc(-c4cccs4)nc4c3c(C)nn4C3CCS(=O)(=O)C3)CC2)cc1. The maximum atomic E-state index is 14.0. The second-order valence-electron chi connectivity index (χ2n) is 9.80. The fourth-order valence-electron chi connectivity index (χ4n) is 5.39. The van der Waals surface area contributed by atoms with Gasteiger partial charge in [-0.25, -0.2) is 18.1 Å². The minimum Gasteiger partial charge on any atom is -0.497 e. The van der Waals surface area contributed by atoms with Crippen LogP contribution in [0.2, 0.25) is 0 Å². The smallest absolute Gasteiger partial charge is 0.254 e. The number of nitrogens with zero attached hydrogens (tertiary/aromatic N) is 5. The van der Waals surface area contributed by atoms with Gasteiger partial charge in [-0.05, 0) is 55.1 Å². The number of rotatable bonds is 5. The number of anilines is 1. The summed E-state index contributed by atoms with van der Waals surface area (Å²) in [6.07, 6.45) is 0.500. The lowest BCUT2D eigenvalue weighted by molar-refractivity contribution is 0.0748. The van der Waals surface area contributed by atoms with Crippen molar-refractivity contribution in [3.63, 3.8) is 0 Å². The number of thiophene rings is 1. The molecule has 0 spiro atoms. The summed E-state index contributed by atoms with van der Waals surface area (Å²) in [5.74, 6) is 0.959. The van der Waals surface area contributed by atoms with E-state index >= 15 is 0 Å². The standard InChI is InChI=1S/C27H29N5O4S2/c1-18-25-22(27(33)31-12-10-30(11-13-31)19-5-7-21(36-2)8-6-19)16-23(24-4-3-14-37-24)28-26(25)32(29-18)20-9-15-38(34,35)17-20/h3-8,14,16,20H,9-13,15,17H2,1-2H3. The van der Waals surface area contributed by atoms with Gasteiger partial charge in [0.1, 0.15) is 5.75 Å². The summed E-state index contributed by atoms with van der Waals surface area (Å²) in [7, 11) is -1.45. The lowest BCUT2D eigenvalue weighted by Gasteiger charge is -2.36. The van der Waals surface area contributed by atoms with Gasteiger partial charge in [0.25, 0.3) is 5.91 Å². The van der Waals surface area contributed by atoms with Crippen LogP contribution in [0.5, 0.6) is 5.75 Å². The highest BCUT2D eigenvalue weighted by molar-refractivity contribution is 7.91. The highest BCUT2D eigenvalue weighted by Gasteiger charge is 2.33. The Labute approximate surface area is 225 Å². The number of hydrogen-bond acceptors (Lipinski definition) is 8. The summed E-state index contributed by atoms with van der Waals surface area (Å²) in [4.78, 5) is 24.0. The fourth-order valence-corrected chi connectivity index (χ4v) is 7.76. The molecule has 1 aromatic carbocycles. The van der Waals surface area contributed by atoms with E-state index in [-0.39, 0.29) is 23.5 Å². The highest BCUT2D eigenvalue weighted by Crippen LogP contribution is 2.34. The van der Waals surface area contributed by atoms with Gasteiger partial charge >= 0.3 is 0 Å². The Morgan fingerprint density at radius 3 is 2.50 bits per heavy atom. The van der Waals surface area contributed by atoms with Crippen LogP contribution in [-0.2, 0) is 9.84 Å².